The van der Waals surface area contributed by atoms with Gasteiger partial charge in [-0.15, -0.1) is 0 Å². The predicted octanol–water partition coefficient (Wildman–Crippen LogP) is 3.96. The third kappa shape index (κ3) is 7.97. The number of nitrogens with one attached hydrogen (secondary N) is 2. The fourth-order valence-electron chi connectivity index (χ4n) is 2.80. The highest BCUT2D eigenvalue weighted by molar-refractivity contribution is 6.10. The van der Waals surface area contributed by atoms with Crippen molar-refractivity contribution < 1.29 is 24.2 Å². The molecular weight excluding hydrogens is 396 g/mol. The Morgan fingerprint density at radius 3 is 2.19 bits per heavy atom. The van der Waals surface area contributed by atoms with Crippen LogP contribution in [0.1, 0.15) is 48.5 Å². The summed E-state index contributed by atoms with van der Waals surface area (Å²) in [5.74, 6) is -0.549. The van der Waals surface area contributed by atoms with E-state index in [-0.39, 0.29) is 28.8 Å². The molecule has 0 spiro atoms. The first kappa shape index (κ1) is 23.7. The number of unbranched alkanes of at least 4 members (excludes halogenated alkanes) is 3. The highest BCUT2D eigenvalue weighted by Crippen LogP contribution is 2.26. The number of ketones is 1. The minimum atomic E-state index is -0.629. The Hall–Kier alpha value is -3.61. The van der Waals surface area contributed by atoms with Gasteiger partial charge >= 0.3 is 6.09 Å². The van der Waals surface area contributed by atoms with Crippen LogP contribution in [0, 0.1) is 0 Å². The average Bonchev–Trinajstić information content (AvgIpc) is 2.75. The number of benzene rings is 2. The van der Waals surface area contributed by atoms with Gasteiger partial charge < -0.3 is 20.5 Å². The lowest BCUT2D eigenvalue weighted by Crippen LogP contribution is -2.27. The third-order valence-electron chi connectivity index (χ3n) is 4.51. The highest BCUT2D eigenvalue weighted by Gasteiger charge is 2.15. The number of phenolic OH excluding ortho intramolecular Hbond substituents is 1. The molecule has 0 bridgehead atoms. The molecule has 0 saturated heterocycles. The largest absolute Gasteiger partial charge is 0.507 e. The van der Waals surface area contributed by atoms with E-state index in [0.717, 1.165) is 25.7 Å². The van der Waals surface area contributed by atoms with Gasteiger partial charge in [-0.05, 0) is 31.9 Å². The maximum Gasteiger partial charge on any atom is 0.412 e. The molecule has 0 aliphatic heterocycles. The second-order valence-electron chi connectivity index (χ2n) is 7.14. The van der Waals surface area contributed by atoms with Crippen LogP contribution >= 0.6 is 0 Å². The van der Waals surface area contributed by atoms with Crippen molar-refractivity contribution in [1.29, 1.82) is 0 Å². The van der Waals surface area contributed by atoms with Crippen molar-refractivity contribution in [2.24, 2.45) is 0 Å². The van der Waals surface area contributed by atoms with Crippen LogP contribution in [0.15, 0.2) is 60.7 Å². The summed E-state index contributed by atoms with van der Waals surface area (Å²) in [5, 5.41) is 15.6. The number of aromatic hydroxyl groups is 1. The Balaban J connectivity index is 1.68. The number of ether oxygens (including phenoxy) is 1. The maximum atomic E-state index is 12.4. The molecule has 7 nitrogen and oxygen atoms in total. The molecule has 0 aliphatic rings. The zero-order valence-corrected chi connectivity index (χ0v) is 17.6. The van der Waals surface area contributed by atoms with Crippen LogP contribution in [0.4, 0.5) is 4.79 Å². The molecule has 31 heavy (non-hydrogen) atoms. The van der Waals surface area contributed by atoms with Crippen molar-refractivity contribution in [3.05, 3.63) is 71.8 Å². The van der Waals surface area contributed by atoms with Crippen LogP contribution in [0.25, 0.3) is 0 Å². The molecule has 2 aromatic carbocycles. The number of carbonyl (C=O) groups is 3. The first-order valence-corrected chi connectivity index (χ1v) is 10.2. The number of rotatable bonds is 11. The molecular formula is C24H28N2O5. The molecule has 2 amide bonds. The molecule has 0 radical (unpaired) electrons. The zero-order chi connectivity index (χ0) is 22.6. The van der Waals surface area contributed by atoms with E-state index in [0.29, 0.717) is 24.2 Å². The number of hydrogen-bond donors (Lipinski definition) is 3. The smallest absolute Gasteiger partial charge is 0.412 e. The summed E-state index contributed by atoms with van der Waals surface area (Å²) in [6.45, 7) is 6.30. The van der Waals surface area contributed by atoms with Crippen molar-refractivity contribution in [2.75, 3.05) is 13.1 Å². The zero-order valence-electron chi connectivity index (χ0n) is 17.6. The van der Waals surface area contributed by atoms with Gasteiger partial charge in [0.05, 0.1) is 5.56 Å². The second kappa shape index (κ2) is 12.2. The molecule has 0 aromatic heterocycles. The molecule has 7 heteroatoms. The maximum absolute atomic E-state index is 12.4. The molecule has 0 unspecified atom stereocenters. The van der Waals surface area contributed by atoms with Crippen molar-refractivity contribution in [2.45, 2.75) is 32.6 Å². The molecule has 2 aromatic rings. The standard InChI is InChI=1S/C24H28N2O5/c1-17(2)23(29)25-14-8-3-4-9-15-26-24(30)31-19-12-13-20(21(27)16-19)22(28)18-10-6-5-7-11-18/h5-7,10-13,16,27H,1,3-4,8-9,14-15H2,2H3,(H,25,29)(H,26,30). The minimum Gasteiger partial charge on any atom is -0.507 e. The van der Waals surface area contributed by atoms with Crippen LogP contribution in [0.5, 0.6) is 11.5 Å². The van der Waals surface area contributed by atoms with Crippen molar-refractivity contribution >= 4 is 17.8 Å². The van der Waals surface area contributed by atoms with Gasteiger partial charge in [0.15, 0.2) is 5.78 Å². The van der Waals surface area contributed by atoms with Gasteiger partial charge in [0, 0.05) is 30.3 Å². The van der Waals surface area contributed by atoms with Crippen molar-refractivity contribution in [1.82, 2.24) is 10.6 Å². The van der Waals surface area contributed by atoms with Crippen molar-refractivity contribution in [3.63, 3.8) is 0 Å². The lowest BCUT2D eigenvalue weighted by Gasteiger charge is -2.09. The quantitative estimate of drug-likeness (QED) is 0.288. The van der Waals surface area contributed by atoms with E-state index in [1.807, 2.05) is 0 Å². The normalized spacial score (nSPS) is 10.2. The first-order chi connectivity index (χ1) is 14.9. The molecule has 0 atom stereocenters. The number of carbonyl (C=O) groups excluding carboxylic acids is 3. The fraction of sp³-hybridized carbons (Fsp3) is 0.292. The van der Waals surface area contributed by atoms with Crippen LogP contribution in [0.3, 0.4) is 0 Å². The second-order valence-corrected chi connectivity index (χ2v) is 7.14. The van der Waals surface area contributed by atoms with E-state index in [2.05, 4.69) is 17.2 Å². The van der Waals surface area contributed by atoms with Crippen molar-refractivity contribution in [3.8, 4) is 11.5 Å². The molecule has 0 fully saturated rings. The predicted molar refractivity (Wildman–Crippen MR) is 118 cm³/mol. The van der Waals surface area contributed by atoms with Gasteiger partial charge in [0.2, 0.25) is 5.91 Å². The molecule has 164 valence electrons. The van der Waals surface area contributed by atoms with Gasteiger partial charge in [-0.3, -0.25) is 9.59 Å². The Morgan fingerprint density at radius 2 is 1.58 bits per heavy atom. The minimum absolute atomic E-state index is 0.132. The average molecular weight is 424 g/mol. The number of hydrogen-bond acceptors (Lipinski definition) is 5. The summed E-state index contributed by atoms with van der Waals surface area (Å²) in [6.07, 6.45) is 2.84. The summed E-state index contributed by atoms with van der Waals surface area (Å²) in [5.41, 5.74) is 1.09. The van der Waals surface area contributed by atoms with E-state index in [1.165, 1.54) is 18.2 Å². The Morgan fingerprint density at radius 1 is 0.935 bits per heavy atom. The molecule has 3 N–H and O–H groups in total. The van der Waals surface area contributed by atoms with E-state index in [4.69, 9.17) is 4.74 Å². The Bertz CT molecular complexity index is 925. The topological polar surface area (TPSA) is 105 Å². The lowest BCUT2D eigenvalue weighted by atomic mass is 10.0. The fourth-order valence-corrected chi connectivity index (χ4v) is 2.80. The molecule has 0 saturated carbocycles. The Kier molecular flexibility index (Phi) is 9.29. The lowest BCUT2D eigenvalue weighted by molar-refractivity contribution is -0.117. The SMILES string of the molecule is C=C(C)C(=O)NCCCCCCNC(=O)Oc1ccc(C(=O)c2ccccc2)c(O)c1. The van der Waals surface area contributed by atoms with Crippen LogP contribution in [-0.2, 0) is 4.79 Å². The monoisotopic (exact) mass is 424 g/mol. The van der Waals surface area contributed by atoms with Crippen LogP contribution in [0.2, 0.25) is 0 Å². The third-order valence-corrected chi connectivity index (χ3v) is 4.51. The van der Waals surface area contributed by atoms with E-state index < -0.39 is 6.09 Å². The van der Waals surface area contributed by atoms with Crippen LogP contribution in [-0.4, -0.2) is 36.0 Å². The highest BCUT2D eigenvalue weighted by atomic mass is 16.6. The van der Waals surface area contributed by atoms with E-state index in [9.17, 15) is 19.5 Å². The molecule has 2 rings (SSSR count). The number of amides is 2. The van der Waals surface area contributed by atoms with E-state index >= 15 is 0 Å². The number of phenols is 1. The van der Waals surface area contributed by atoms with Gasteiger partial charge in [-0.2, -0.15) is 0 Å². The van der Waals surface area contributed by atoms with Gasteiger partial charge in [0.25, 0.3) is 0 Å². The summed E-state index contributed by atoms with van der Waals surface area (Å²) >= 11 is 0. The Labute approximate surface area is 182 Å². The van der Waals surface area contributed by atoms with E-state index in [1.54, 1.807) is 37.3 Å². The van der Waals surface area contributed by atoms with Crippen LogP contribution < -0.4 is 15.4 Å². The van der Waals surface area contributed by atoms with Gasteiger partial charge in [-0.25, -0.2) is 4.79 Å². The summed E-state index contributed by atoms with van der Waals surface area (Å²) in [7, 11) is 0. The first-order valence-electron chi connectivity index (χ1n) is 10.2. The summed E-state index contributed by atoms with van der Waals surface area (Å²) in [6, 6.07) is 12.8. The summed E-state index contributed by atoms with van der Waals surface area (Å²) < 4.78 is 5.15. The van der Waals surface area contributed by atoms with Gasteiger partial charge in [0.1, 0.15) is 11.5 Å². The summed E-state index contributed by atoms with van der Waals surface area (Å²) in [4.78, 5) is 35.7. The van der Waals surface area contributed by atoms with Gasteiger partial charge in [-0.1, -0.05) is 49.8 Å². The molecule has 0 heterocycles. The molecule has 0 aliphatic carbocycles.